The second kappa shape index (κ2) is 6.22. The zero-order valence-corrected chi connectivity index (χ0v) is 13.4. The van der Waals surface area contributed by atoms with E-state index in [9.17, 15) is 8.42 Å². The van der Waals surface area contributed by atoms with Crippen LogP contribution in [0.2, 0.25) is 0 Å². The topological polar surface area (TPSA) is 58.5 Å². The Morgan fingerprint density at radius 2 is 1.52 bits per heavy atom. The molecule has 0 spiro atoms. The van der Waals surface area contributed by atoms with E-state index in [1.54, 1.807) is 25.1 Å². The maximum atomic E-state index is 12.4. The summed E-state index contributed by atoms with van der Waals surface area (Å²) in [7, 11) is -3.69. The third-order valence-corrected chi connectivity index (χ3v) is 4.76. The largest absolute Gasteiger partial charge is 0.276 e. The molecule has 0 aliphatic rings. The van der Waals surface area contributed by atoms with E-state index in [0.29, 0.717) is 5.71 Å². The maximum absolute atomic E-state index is 12.4. The van der Waals surface area contributed by atoms with Crippen LogP contribution in [0.3, 0.4) is 0 Å². The molecule has 116 valence electrons. The van der Waals surface area contributed by atoms with Gasteiger partial charge in [-0.2, -0.15) is 18.4 Å². The van der Waals surface area contributed by atoms with Gasteiger partial charge in [0.2, 0.25) is 0 Å². The summed E-state index contributed by atoms with van der Waals surface area (Å²) < 4.78 is 24.8. The first-order valence-electron chi connectivity index (χ1n) is 7.16. The highest BCUT2D eigenvalue weighted by Gasteiger charge is 2.13. The molecule has 0 aliphatic carbocycles. The summed E-state index contributed by atoms with van der Waals surface area (Å²) in [4.78, 5) is 2.49. The van der Waals surface area contributed by atoms with Crippen molar-refractivity contribution < 1.29 is 8.42 Å². The lowest BCUT2D eigenvalue weighted by Crippen LogP contribution is -2.19. The van der Waals surface area contributed by atoms with Crippen LogP contribution < -0.4 is 4.83 Å². The first kappa shape index (κ1) is 15.2. The van der Waals surface area contributed by atoms with Gasteiger partial charge in [0.1, 0.15) is 0 Å². The van der Waals surface area contributed by atoms with Gasteiger partial charge in [-0.25, -0.2) is 0 Å². The minimum Gasteiger partial charge on any atom is -0.200 e. The van der Waals surface area contributed by atoms with E-state index in [1.165, 1.54) is 0 Å². The van der Waals surface area contributed by atoms with Crippen LogP contribution in [0, 0.1) is 0 Å². The van der Waals surface area contributed by atoms with Gasteiger partial charge < -0.3 is 0 Å². The van der Waals surface area contributed by atoms with Crippen molar-refractivity contribution in [3.05, 3.63) is 78.4 Å². The highest BCUT2D eigenvalue weighted by molar-refractivity contribution is 7.89. The van der Waals surface area contributed by atoms with Crippen LogP contribution in [-0.2, 0) is 10.0 Å². The van der Waals surface area contributed by atoms with Gasteiger partial charge in [-0.15, -0.1) is 0 Å². The van der Waals surface area contributed by atoms with Gasteiger partial charge >= 0.3 is 0 Å². The first-order chi connectivity index (χ1) is 11.1. The van der Waals surface area contributed by atoms with Crippen molar-refractivity contribution >= 4 is 26.5 Å². The van der Waals surface area contributed by atoms with Gasteiger partial charge in [0, 0.05) is 0 Å². The summed E-state index contributed by atoms with van der Waals surface area (Å²) in [6.45, 7) is 1.76. The van der Waals surface area contributed by atoms with Crippen LogP contribution in [0.1, 0.15) is 12.5 Å². The molecule has 1 N–H and O–H groups in total. The summed E-state index contributed by atoms with van der Waals surface area (Å²) >= 11 is 0. The van der Waals surface area contributed by atoms with Crippen LogP contribution in [0.5, 0.6) is 0 Å². The van der Waals surface area contributed by atoms with Crippen LogP contribution in [0.15, 0.2) is 82.8 Å². The van der Waals surface area contributed by atoms with Crippen molar-refractivity contribution in [3.63, 3.8) is 0 Å². The fraction of sp³-hybridized carbons (Fsp3) is 0.0556. The number of rotatable bonds is 4. The highest BCUT2D eigenvalue weighted by Crippen LogP contribution is 2.18. The molecule has 0 saturated carbocycles. The number of nitrogens with one attached hydrogen (secondary N) is 1. The molecular formula is C18H16N2O2S. The summed E-state index contributed by atoms with van der Waals surface area (Å²) in [6.07, 6.45) is 0. The van der Waals surface area contributed by atoms with E-state index >= 15 is 0 Å². The van der Waals surface area contributed by atoms with Crippen molar-refractivity contribution in [1.29, 1.82) is 0 Å². The van der Waals surface area contributed by atoms with Crippen molar-refractivity contribution in [2.75, 3.05) is 0 Å². The molecule has 23 heavy (non-hydrogen) atoms. The lowest BCUT2D eigenvalue weighted by Gasteiger charge is -2.06. The maximum Gasteiger partial charge on any atom is 0.276 e. The molecular weight excluding hydrogens is 308 g/mol. The van der Waals surface area contributed by atoms with Gasteiger partial charge in [0.25, 0.3) is 10.0 Å². The van der Waals surface area contributed by atoms with Crippen LogP contribution in [-0.4, -0.2) is 14.1 Å². The normalized spacial score (nSPS) is 12.3. The quantitative estimate of drug-likeness (QED) is 0.589. The molecule has 3 rings (SSSR count). The fourth-order valence-corrected chi connectivity index (χ4v) is 3.15. The summed E-state index contributed by atoms with van der Waals surface area (Å²) in [6, 6.07) is 22.1. The minimum atomic E-state index is -3.69. The molecule has 3 aromatic carbocycles. The van der Waals surface area contributed by atoms with E-state index in [-0.39, 0.29) is 4.90 Å². The first-order valence-corrected chi connectivity index (χ1v) is 8.65. The Hall–Kier alpha value is -2.66. The Morgan fingerprint density at radius 3 is 2.26 bits per heavy atom. The Bertz CT molecular complexity index is 964. The van der Waals surface area contributed by atoms with E-state index in [1.807, 2.05) is 54.6 Å². The molecule has 0 atom stereocenters. The zero-order valence-electron chi connectivity index (χ0n) is 12.6. The molecule has 0 radical (unpaired) electrons. The minimum absolute atomic E-state index is 0.195. The Labute approximate surface area is 135 Å². The number of hydrogen-bond acceptors (Lipinski definition) is 3. The molecule has 0 amide bonds. The molecule has 0 unspecified atom stereocenters. The molecule has 3 aromatic rings. The fourth-order valence-electron chi connectivity index (χ4n) is 2.26. The van der Waals surface area contributed by atoms with Gasteiger partial charge in [-0.1, -0.05) is 60.7 Å². The summed E-state index contributed by atoms with van der Waals surface area (Å²) in [5.74, 6) is 0. The van der Waals surface area contributed by atoms with Gasteiger partial charge in [0.05, 0.1) is 10.6 Å². The second-order valence-electron chi connectivity index (χ2n) is 5.17. The van der Waals surface area contributed by atoms with Crippen molar-refractivity contribution in [2.24, 2.45) is 5.10 Å². The van der Waals surface area contributed by atoms with Gasteiger partial charge in [-0.05, 0) is 35.4 Å². The highest BCUT2D eigenvalue weighted by atomic mass is 32.2. The monoisotopic (exact) mass is 324 g/mol. The molecule has 0 aliphatic heterocycles. The lowest BCUT2D eigenvalue weighted by atomic mass is 10.1. The molecule has 0 saturated heterocycles. The van der Waals surface area contributed by atoms with E-state index in [2.05, 4.69) is 9.93 Å². The number of hydrazone groups is 1. The molecule has 5 heteroatoms. The van der Waals surface area contributed by atoms with Crippen LogP contribution in [0.25, 0.3) is 10.8 Å². The van der Waals surface area contributed by atoms with Crippen molar-refractivity contribution in [3.8, 4) is 0 Å². The molecule has 0 fully saturated rings. The lowest BCUT2D eigenvalue weighted by molar-refractivity contribution is 0.584. The average molecular weight is 324 g/mol. The smallest absolute Gasteiger partial charge is 0.200 e. The third-order valence-electron chi connectivity index (χ3n) is 3.56. The summed E-state index contributed by atoms with van der Waals surface area (Å²) in [5.41, 5.74) is 1.48. The Kier molecular flexibility index (Phi) is 4.12. The summed E-state index contributed by atoms with van der Waals surface area (Å²) in [5, 5.41) is 5.87. The van der Waals surface area contributed by atoms with E-state index < -0.39 is 10.0 Å². The number of benzene rings is 3. The molecule has 0 bridgehead atoms. The average Bonchev–Trinajstić information content (AvgIpc) is 2.60. The SMILES string of the molecule is C/C(=N\NS(=O)(=O)c1ccc2ccccc2c1)c1ccccc1. The predicted molar refractivity (Wildman–Crippen MR) is 92.9 cm³/mol. The van der Waals surface area contributed by atoms with Crippen LogP contribution in [0.4, 0.5) is 0 Å². The number of sulfonamides is 1. The van der Waals surface area contributed by atoms with Crippen LogP contribution >= 0.6 is 0 Å². The second-order valence-corrected chi connectivity index (χ2v) is 6.83. The van der Waals surface area contributed by atoms with E-state index in [0.717, 1.165) is 16.3 Å². The molecule has 0 aromatic heterocycles. The van der Waals surface area contributed by atoms with Gasteiger partial charge in [-0.3, -0.25) is 0 Å². The predicted octanol–water partition coefficient (Wildman–Crippen LogP) is 3.54. The molecule has 4 nitrogen and oxygen atoms in total. The van der Waals surface area contributed by atoms with Crippen molar-refractivity contribution in [1.82, 2.24) is 4.83 Å². The Balaban J connectivity index is 1.88. The number of hydrogen-bond donors (Lipinski definition) is 1. The number of fused-ring (bicyclic) bond motifs is 1. The molecule has 0 heterocycles. The Morgan fingerprint density at radius 1 is 0.870 bits per heavy atom. The van der Waals surface area contributed by atoms with Gasteiger partial charge in [0.15, 0.2) is 0 Å². The zero-order chi connectivity index (χ0) is 16.3. The van der Waals surface area contributed by atoms with Crippen molar-refractivity contribution in [2.45, 2.75) is 11.8 Å². The van der Waals surface area contributed by atoms with E-state index in [4.69, 9.17) is 0 Å². The standard InChI is InChI=1S/C18H16N2O2S/c1-14(15-7-3-2-4-8-15)19-20-23(21,22)18-12-11-16-9-5-6-10-17(16)13-18/h2-13,20H,1H3/b19-14+. The number of nitrogens with zero attached hydrogens (tertiary/aromatic N) is 1. The third kappa shape index (κ3) is 3.40.